The molecule has 1 N–H and O–H groups in total. The molecule has 0 aromatic heterocycles. The minimum atomic E-state index is -0.606. The number of fused-ring (bicyclic) bond motifs is 1. The van der Waals surface area contributed by atoms with Crippen LogP contribution in [0.2, 0.25) is 5.02 Å². The van der Waals surface area contributed by atoms with E-state index in [1.165, 1.54) is 17.6 Å². The zero-order valence-electron chi connectivity index (χ0n) is 24.6. The number of nitrogens with zero attached hydrogens (tertiary/aromatic N) is 2. The number of allylic oxidation sites excluding steroid dienone is 1. The Bertz CT molecular complexity index is 1420. The number of carbonyl (C=O) groups is 3. The quantitative estimate of drug-likeness (QED) is 0.418. The number of nitrogens with one attached hydrogen (secondary N) is 1. The summed E-state index contributed by atoms with van der Waals surface area (Å²) in [6, 6.07) is 13.4. The van der Waals surface area contributed by atoms with Crippen LogP contribution in [0.3, 0.4) is 0 Å². The number of piperidine rings is 1. The summed E-state index contributed by atoms with van der Waals surface area (Å²) in [5.74, 6) is -0.0544. The molecule has 2 aromatic rings. The molecule has 0 bridgehead atoms. The van der Waals surface area contributed by atoms with Crippen molar-refractivity contribution in [2.45, 2.75) is 83.9 Å². The average molecular weight is 590 g/mol. The minimum Gasteiger partial charge on any atom is -0.490 e. The maximum Gasteiger partial charge on any atom is 0.255 e. The van der Waals surface area contributed by atoms with E-state index >= 15 is 0 Å². The fourth-order valence-electron chi connectivity index (χ4n) is 6.95. The van der Waals surface area contributed by atoms with Gasteiger partial charge >= 0.3 is 0 Å². The number of ether oxygens (including phenoxy) is 1. The monoisotopic (exact) mass is 589 g/mol. The van der Waals surface area contributed by atoms with E-state index in [1.54, 1.807) is 10.5 Å². The minimum absolute atomic E-state index is 0.117. The maximum atomic E-state index is 13.0. The second-order valence-electron chi connectivity index (χ2n) is 13.1. The van der Waals surface area contributed by atoms with E-state index < -0.39 is 6.04 Å². The lowest BCUT2D eigenvalue weighted by molar-refractivity contribution is -0.136. The number of hydrogen-bond acceptors (Lipinski definition) is 5. The molecule has 8 heteroatoms. The highest BCUT2D eigenvalue weighted by atomic mass is 35.5. The second-order valence-corrected chi connectivity index (χ2v) is 13.5. The summed E-state index contributed by atoms with van der Waals surface area (Å²) in [7, 11) is 0. The van der Waals surface area contributed by atoms with Crippen LogP contribution in [-0.4, -0.2) is 59.3 Å². The van der Waals surface area contributed by atoms with E-state index in [1.807, 2.05) is 30.3 Å². The Hall–Kier alpha value is -3.16. The normalized spacial score (nSPS) is 24.8. The third-order valence-corrected chi connectivity index (χ3v) is 9.61. The Morgan fingerprint density at radius 2 is 1.81 bits per heavy atom. The van der Waals surface area contributed by atoms with Gasteiger partial charge in [0.05, 0.1) is 6.10 Å². The molecule has 6 rings (SSSR count). The molecule has 2 saturated heterocycles. The number of imide groups is 1. The fourth-order valence-corrected chi connectivity index (χ4v) is 7.08. The number of hydrogen-bond donors (Lipinski definition) is 1. The summed E-state index contributed by atoms with van der Waals surface area (Å²) in [6.07, 6.45) is 7.18. The van der Waals surface area contributed by atoms with Crippen molar-refractivity contribution in [1.29, 1.82) is 0 Å². The number of likely N-dealkylation sites (tertiary alicyclic amines) is 1. The Balaban J connectivity index is 1.09. The molecule has 0 spiro atoms. The van der Waals surface area contributed by atoms with E-state index in [0.717, 1.165) is 68.1 Å². The van der Waals surface area contributed by atoms with Crippen molar-refractivity contribution in [3.8, 4) is 5.75 Å². The summed E-state index contributed by atoms with van der Waals surface area (Å²) in [6.45, 7) is 8.14. The summed E-state index contributed by atoms with van der Waals surface area (Å²) >= 11 is 6.19. The van der Waals surface area contributed by atoms with Crippen molar-refractivity contribution in [2.24, 2.45) is 5.41 Å². The van der Waals surface area contributed by atoms with Gasteiger partial charge in [0, 0.05) is 36.6 Å². The van der Waals surface area contributed by atoms with Crippen molar-refractivity contribution in [3.05, 3.63) is 69.8 Å². The van der Waals surface area contributed by atoms with E-state index in [-0.39, 0.29) is 30.2 Å². The molecule has 222 valence electrons. The Labute approximate surface area is 253 Å². The van der Waals surface area contributed by atoms with Crippen LogP contribution in [0.1, 0.15) is 86.7 Å². The van der Waals surface area contributed by atoms with Gasteiger partial charge in [-0.15, -0.1) is 0 Å². The Morgan fingerprint density at radius 3 is 2.60 bits per heavy atom. The largest absolute Gasteiger partial charge is 0.490 e. The molecule has 2 atom stereocenters. The Morgan fingerprint density at radius 1 is 1.00 bits per heavy atom. The standard InChI is InChI=1S/C34H40ClN3O4/c1-34(2)15-13-23(29(19-34)22-5-7-25(35)8-6-22)20-37-16-3-4-26(14-17-37)42-27-9-10-28-24(18-27)21-38(33(28)41)30-11-12-31(39)36-32(30)40/h5-10,18,26,30H,3-4,11-17,19-21H2,1-2H3,(H,36,39,40). The van der Waals surface area contributed by atoms with Crippen molar-refractivity contribution in [2.75, 3.05) is 19.6 Å². The highest BCUT2D eigenvalue weighted by Crippen LogP contribution is 2.43. The van der Waals surface area contributed by atoms with Gasteiger partial charge in [-0.3, -0.25) is 24.6 Å². The summed E-state index contributed by atoms with van der Waals surface area (Å²) in [5.41, 5.74) is 6.12. The van der Waals surface area contributed by atoms with Gasteiger partial charge in [-0.2, -0.15) is 0 Å². The maximum absolute atomic E-state index is 13.0. The molecule has 2 fully saturated rings. The van der Waals surface area contributed by atoms with Gasteiger partial charge in [0.1, 0.15) is 11.8 Å². The van der Waals surface area contributed by atoms with Crippen LogP contribution in [0.25, 0.3) is 5.57 Å². The number of amides is 3. The number of rotatable bonds is 6. The molecule has 4 aliphatic rings. The second kappa shape index (κ2) is 11.8. The van der Waals surface area contributed by atoms with Gasteiger partial charge < -0.3 is 9.64 Å². The first-order valence-corrected chi connectivity index (χ1v) is 15.7. The van der Waals surface area contributed by atoms with Crippen molar-refractivity contribution >= 4 is 34.9 Å². The molecule has 2 unspecified atom stereocenters. The number of carbonyl (C=O) groups excluding carboxylic acids is 3. The first-order valence-electron chi connectivity index (χ1n) is 15.3. The molecule has 7 nitrogen and oxygen atoms in total. The lowest BCUT2D eigenvalue weighted by Gasteiger charge is -2.35. The van der Waals surface area contributed by atoms with E-state index in [4.69, 9.17) is 16.3 Å². The lowest BCUT2D eigenvalue weighted by Crippen LogP contribution is -2.52. The summed E-state index contributed by atoms with van der Waals surface area (Å²) in [5, 5.41) is 3.14. The third kappa shape index (κ3) is 6.28. The molecular weight excluding hydrogens is 550 g/mol. The van der Waals surface area contributed by atoms with Gasteiger partial charge in [-0.1, -0.05) is 43.2 Å². The van der Waals surface area contributed by atoms with E-state index in [9.17, 15) is 14.4 Å². The van der Waals surface area contributed by atoms with Crippen LogP contribution >= 0.6 is 11.6 Å². The zero-order valence-corrected chi connectivity index (χ0v) is 25.3. The van der Waals surface area contributed by atoms with Crippen LogP contribution in [-0.2, 0) is 16.1 Å². The summed E-state index contributed by atoms with van der Waals surface area (Å²) in [4.78, 5) is 41.1. The molecule has 2 aromatic carbocycles. The molecule has 3 amide bonds. The van der Waals surface area contributed by atoms with Crippen LogP contribution in [0, 0.1) is 5.41 Å². The van der Waals surface area contributed by atoms with Gasteiger partial charge in [0.2, 0.25) is 11.8 Å². The van der Waals surface area contributed by atoms with Crippen molar-refractivity contribution in [1.82, 2.24) is 15.1 Å². The highest BCUT2D eigenvalue weighted by molar-refractivity contribution is 6.30. The molecule has 3 heterocycles. The molecule has 42 heavy (non-hydrogen) atoms. The molecular formula is C34H40ClN3O4. The van der Waals surface area contributed by atoms with Crippen LogP contribution in [0.15, 0.2) is 48.0 Å². The number of benzene rings is 2. The molecule has 0 radical (unpaired) electrons. The first-order chi connectivity index (χ1) is 20.1. The van der Waals surface area contributed by atoms with Crippen LogP contribution in [0.4, 0.5) is 0 Å². The van der Waals surface area contributed by atoms with Gasteiger partial charge in [-0.05, 0) is 104 Å². The fraction of sp³-hybridized carbons (Fsp3) is 0.500. The van der Waals surface area contributed by atoms with Gasteiger partial charge in [0.25, 0.3) is 5.91 Å². The van der Waals surface area contributed by atoms with E-state index in [0.29, 0.717) is 23.9 Å². The molecule has 1 aliphatic carbocycles. The van der Waals surface area contributed by atoms with Crippen molar-refractivity contribution < 1.29 is 19.1 Å². The smallest absolute Gasteiger partial charge is 0.255 e. The SMILES string of the molecule is CC1(C)CCC(CN2CCCC(Oc3ccc4c(c3)CN(C3CCC(=O)NC3=O)C4=O)CC2)=C(c2ccc(Cl)cc2)C1. The van der Waals surface area contributed by atoms with E-state index in [2.05, 4.69) is 36.2 Å². The molecule has 3 aliphatic heterocycles. The topological polar surface area (TPSA) is 79.0 Å². The highest BCUT2D eigenvalue weighted by Gasteiger charge is 2.39. The third-order valence-electron chi connectivity index (χ3n) is 9.36. The predicted octanol–water partition coefficient (Wildman–Crippen LogP) is 6.00. The van der Waals surface area contributed by atoms with Crippen LogP contribution in [0.5, 0.6) is 5.75 Å². The molecule has 0 saturated carbocycles. The van der Waals surface area contributed by atoms with Gasteiger partial charge in [-0.25, -0.2) is 0 Å². The van der Waals surface area contributed by atoms with Crippen molar-refractivity contribution in [3.63, 3.8) is 0 Å². The predicted molar refractivity (Wildman–Crippen MR) is 163 cm³/mol. The first kappa shape index (κ1) is 28.9. The summed E-state index contributed by atoms with van der Waals surface area (Å²) < 4.78 is 6.47. The zero-order chi connectivity index (χ0) is 29.4. The number of halogens is 1. The van der Waals surface area contributed by atoms with Crippen LogP contribution < -0.4 is 10.1 Å². The lowest BCUT2D eigenvalue weighted by atomic mass is 9.72. The Kier molecular flexibility index (Phi) is 8.16. The van der Waals surface area contributed by atoms with Gasteiger partial charge in [0.15, 0.2) is 0 Å². The average Bonchev–Trinajstić information content (AvgIpc) is 3.11.